The van der Waals surface area contributed by atoms with Crippen molar-refractivity contribution in [3.63, 3.8) is 0 Å². The average molecular weight is 301 g/mol. The number of nitro groups is 1. The third kappa shape index (κ3) is 2.63. The fraction of sp³-hybridized carbons (Fsp3) is 0.273. The van der Waals surface area contributed by atoms with E-state index in [1.165, 1.54) is 6.07 Å². The lowest BCUT2D eigenvalue weighted by atomic mass is 10.2. The number of nitrogens with zero attached hydrogens (tertiary/aromatic N) is 1. The number of benzene rings is 1. The van der Waals surface area contributed by atoms with Gasteiger partial charge >= 0.3 is 0 Å². The first-order chi connectivity index (χ1) is 8.08. The molecule has 0 unspecified atom stereocenters. The lowest BCUT2D eigenvalue weighted by Crippen LogP contribution is -2.16. The first-order valence-corrected chi connectivity index (χ1v) is 5.92. The number of anilines is 1. The number of nitrogens with one attached hydrogen (secondary N) is 1. The second-order valence-electron chi connectivity index (χ2n) is 3.82. The third-order valence-electron chi connectivity index (χ3n) is 2.60. The summed E-state index contributed by atoms with van der Waals surface area (Å²) in [5.74, 6) is -0.510. The number of hydrogen-bond acceptors (Lipinski definition) is 3. The Labute approximate surface area is 106 Å². The van der Waals surface area contributed by atoms with Gasteiger partial charge in [0.05, 0.1) is 9.40 Å². The molecular weight excluding hydrogens is 291 g/mol. The molecule has 0 spiro atoms. The minimum absolute atomic E-state index is 0.0966. The largest absolute Gasteiger partial charge is 0.376 e. The molecule has 0 fully saturated rings. The molecule has 1 aromatic carbocycles. The second kappa shape index (κ2) is 4.83. The predicted molar refractivity (Wildman–Crippen MR) is 66.5 cm³/mol. The van der Waals surface area contributed by atoms with E-state index >= 15 is 0 Å². The maximum absolute atomic E-state index is 13.4. The SMILES string of the molecule is O=[N+]([O-])c1cc(Br)c(F)cc1NC1CC=CC1. The number of halogens is 2. The molecule has 1 aliphatic carbocycles. The Morgan fingerprint density at radius 3 is 2.65 bits per heavy atom. The van der Waals surface area contributed by atoms with Crippen molar-refractivity contribution < 1.29 is 9.31 Å². The standard InChI is InChI=1S/C11H10BrFN2O2/c12-8-5-11(15(16)17)10(6-9(8)13)14-7-3-1-2-4-7/h1-2,5-7,14H,3-4H2. The van der Waals surface area contributed by atoms with E-state index in [0.717, 1.165) is 18.9 Å². The first-order valence-electron chi connectivity index (χ1n) is 5.13. The van der Waals surface area contributed by atoms with Gasteiger partial charge in [0.2, 0.25) is 0 Å². The molecule has 0 aromatic heterocycles. The third-order valence-corrected chi connectivity index (χ3v) is 3.21. The molecule has 17 heavy (non-hydrogen) atoms. The van der Waals surface area contributed by atoms with Crippen LogP contribution in [0.25, 0.3) is 0 Å². The van der Waals surface area contributed by atoms with Gasteiger partial charge in [0.15, 0.2) is 0 Å². The zero-order chi connectivity index (χ0) is 12.4. The molecule has 6 heteroatoms. The predicted octanol–water partition coefficient (Wildman–Crippen LogP) is 3.63. The van der Waals surface area contributed by atoms with E-state index in [0.29, 0.717) is 0 Å². The van der Waals surface area contributed by atoms with Crippen molar-refractivity contribution in [3.8, 4) is 0 Å². The summed E-state index contributed by atoms with van der Waals surface area (Å²) in [7, 11) is 0. The molecule has 1 N–H and O–H groups in total. The number of nitro benzene ring substituents is 1. The number of rotatable bonds is 3. The summed E-state index contributed by atoms with van der Waals surface area (Å²) < 4.78 is 13.5. The molecule has 1 aliphatic rings. The quantitative estimate of drug-likeness (QED) is 0.527. The summed E-state index contributed by atoms with van der Waals surface area (Å²) in [6.07, 6.45) is 5.60. The van der Waals surface area contributed by atoms with Gasteiger partial charge in [-0.3, -0.25) is 10.1 Å². The monoisotopic (exact) mass is 300 g/mol. The molecule has 0 aliphatic heterocycles. The van der Waals surface area contributed by atoms with Crippen molar-refractivity contribution >= 4 is 27.3 Å². The zero-order valence-corrected chi connectivity index (χ0v) is 10.4. The summed E-state index contributed by atoms with van der Waals surface area (Å²) in [5.41, 5.74) is 0.106. The Balaban J connectivity index is 2.30. The Kier molecular flexibility index (Phi) is 3.42. The van der Waals surface area contributed by atoms with Crippen LogP contribution in [0, 0.1) is 15.9 Å². The van der Waals surface area contributed by atoms with Gasteiger partial charge in [-0.25, -0.2) is 4.39 Å². The van der Waals surface area contributed by atoms with Gasteiger partial charge in [0.1, 0.15) is 11.5 Å². The number of hydrogen-bond donors (Lipinski definition) is 1. The Morgan fingerprint density at radius 1 is 1.41 bits per heavy atom. The van der Waals surface area contributed by atoms with Gasteiger partial charge in [0, 0.05) is 18.2 Å². The fourth-order valence-corrected chi connectivity index (χ4v) is 2.09. The van der Waals surface area contributed by atoms with E-state index in [-0.39, 0.29) is 21.9 Å². The molecule has 0 amide bonds. The topological polar surface area (TPSA) is 55.2 Å². The Bertz CT molecular complexity index is 483. The second-order valence-corrected chi connectivity index (χ2v) is 4.68. The van der Waals surface area contributed by atoms with Crippen LogP contribution >= 0.6 is 15.9 Å². The highest BCUT2D eigenvalue weighted by Crippen LogP contribution is 2.32. The van der Waals surface area contributed by atoms with Crippen LogP contribution in [-0.2, 0) is 0 Å². The maximum atomic E-state index is 13.4. The van der Waals surface area contributed by atoms with Crippen molar-refractivity contribution in [2.24, 2.45) is 0 Å². The van der Waals surface area contributed by atoms with E-state index in [9.17, 15) is 14.5 Å². The highest BCUT2D eigenvalue weighted by Gasteiger charge is 2.20. The van der Waals surface area contributed by atoms with E-state index in [4.69, 9.17) is 0 Å². The maximum Gasteiger partial charge on any atom is 0.293 e. The molecule has 0 bridgehead atoms. The van der Waals surface area contributed by atoms with Crippen LogP contribution in [0.3, 0.4) is 0 Å². The zero-order valence-electron chi connectivity index (χ0n) is 8.82. The Hall–Kier alpha value is -1.43. The van der Waals surface area contributed by atoms with Crippen molar-refractivity contribution in [1.82, 2.24) is 0 Å². The molecule has 0 heterocycles. The van der Waals surface area contributed by atoms with Gasteiger partial charge in [0.25, 0.3) is 5.69 Å². The summed E-state index contributed by atoms with van der Waals surface area (Å²) in [6, 6.07) is 2.44. The smallest absolute Gasteiger partial charge is 0.293 e. The lowest BCUT2D eigenvalue weighted by molar-refractivity contribution is -0.384. The molecule has 2 rings (SSSR count). The van der Waals surface area contributed by atoms with Crippen LogP contribution in [0.5, 0.6) is 0 Å². The van der Waals surface area contributed by atoms with Crippen molar-refractivity contribution in [3.05, 3.63) is 44.7 Å². The van der Waals surface area contributed by atoms with Gasteiger partial charge in [-0.15, -0.1) is 0 Å². The van der Waals surface area contributed by atoms with Crippen molar-refractivity contribution in [2.45, 2.75) is 18.9 Å². The molecule has 0 saturated heterocycles. The van der Waals surface area contributed by atoms with Crippen LogP contribution in [0.4, 0.5) is 15.8 Å². The van der Waals surface area contributed by atoms with Crippen molar-refractivity contribution in [1.29, 1.82) is 0 Å². The molecule has 1 aromatic rings. The van der Waals surface area contributed by atoms with Gasteiger partial charge in [-0.2, -0.15) is 0 Å². The highest BCUT2D eigenvalue weighted by molar-refractivity contribution is 9.10. The normalized spacial score (nSPS) is 15.2. The Morgan fingerprint density at radius 2 is 2.06 bits per heavy atom. The minimum Gasteiger partial charge on any atom is -0.376 e. The average Bonchev–Trinajstić information content (AvgIpc) is 2.75. The van der Waals surface area contributed by atoms with Crippen LogP contribution in [0.2, 0.25) is 0 Å². The molecule has 0 radical (unpaired) electrons. The van der Waals surface area contributed by atoms with E-state index in [1.807, 2.05) is 12.2 Å². The minimum atomic E-state index is -0.519. The summed E-state index contributed by atoms with van der Waals surface area (Å²) in [6.45, 7) is 0. The molecule has 4 nitrogen and oxygen atoms in total. The van der Waals surface area contributed by atoms with E-state index < -0.39 is 10.7 Å². The van der Waals surface area contributed by atoms with E-state index in [1.54, 1.807) is 0 Å². The van der Waals surface area contributed by atoms with Crippen molar-refractivity contribution in [2.75, 3.05) is 5.32 Å². The molecule has 0 atom stereocenters. The molecule has 0 saturated carbocycles. The lowest BCUT2D eigenvalue weighted by Gasteiger charge is -2.14. The first kappa shape index (κ1) is 12.0. The summed E-state index contributed by atoms with van der Waals surface area (Å²) in [4.78, 5) is 10.3. The van der Waals surface area contributed by atoms with Gasteiger partial charge in [-0.05, 0) is 28.8 Å². The van der Waals surface area contributed by atoms with E-state index in [2.05, 4.69) is 21.2 Å². The highest BCUT2D eigenvalue weighted by atomic mass is 79.9. The molecule has 90 valence electrons. The van der Waals surface area contributed by atoms with Crippen LogP contribution in [-0.4, -0.2) is 11.0 Å². The van der Waals surface area contributed by atoms with Crippen LogP contribution in [0.1, 0.15) is 12.8 Å². The van der Waals surface area contributed by atoms with Gasteiger partial charge < -0.3 is 5.32 Å². The molecular formula is C11H10BrFN2O2. The summed E-state index contributed by atoms with van der Waals surface area (Å²) >= 11 is 2.94. The fourth-order valence-electron chi connectivity index (χ4n) is 1.76. The van der Waals surface area contributed by atoms with Gasteiger partial charge in [-0.1, -0.05) is 12.2 Å². The summed E-state index contributed by atoms with van der Waals surface area (Å²) in [5, 5.41) is 13.9. The van der Waals surface area contributed by atoms with Crippen LogP contribution in [0.15, 0.2) is 28.8 Å². The van der Waals surface area contributed by atoms with Crippen LogP contribution < -0.4 is 5.32 Å².